The summed E-state index contributed by atoms with van der Waals surface area (Å²) in [6.07, 6.45) is 5.84. The van der Waals surface area contributed by atoms with Crippen molar-refractivity contribution in [2.45, 2.75) is 11.3 Å². The predicted molar refractivity (Wildman–Crippen MR) is 102 cm³/mol. The van der Waals surface area contributed by atoms with Crippen LogP contribution in [-0.4, -0.2) is 28.2 Å². The van der Waals surface area contributed by atoms with E-state index in [0.717, 1.165) is 23.3 Å². The molecule has 3 aromatic rings. The van der Waals surface area contributed by atoms with E-state index in [-0.39, 0.29) is 5.91 Å². The molecule has 1 amide bonds. The summed E-state index contributed by atoms with van der Waals surface area (Å²) in [5, 5.41) is 3.00. The van der Waals surface area contributed by atoms with Crippen LogP contribution in [0.3, 0.4) is 0 Å². The topological polar surface area (TPSA) is 54.9 Å². The second-order valence-corrected chi connectivity index (χ2v) is 6.61. The maximum atomic E-state index is 12.5. The molecule has 0 saturated carbocycles. The first kappa shape index (κ1) is 17.2. The van der Waals surface area contributed by atoms with Gasteiger partial charge in [0.25, 0.3) is 5.91 Å². The normalized spacial score (nSPS) is 10.4. The number of carbonyl (C=O) groups is 1. The Kier molecular flexibility index (Phi) is 6.17. The molecular weight excluding hydrogens is 330 g/mol. The van der Waals surface area contributed by atoms with E-state index in [1.807, 2.05) is 42.5 Å². The van der Waals surface area contributed by atoms with Gasteiger partial charge in [-0.15, -0.1) is 11.8 Å². The molecule has 0 bridgehead atoms. The SMILES string of the molecule is O=C(NCCCSc1ccccc1)c1ccccc1-c1cncnc1. The molecule has 0 aliphatic heterocycles. The molecule has 0 unspecified atom stereocenters. The number of nitrogens with zero attached hydrogens (tertiary/aromatic N) is 2. The summed E-state index contributed by atoms with van der Waals surface area (Å²) in [7, 11) is 0. The largest absolute Gasteiger partial charge is 0.352 e. The van der Waals surface area contributed by atoms with Crippen molar-refractivity contribution in [3.8, 4) is 11.1 Å². The number of hydrogen-bond donors (Lipinski definition) is 1. The lowest BCUT2D eigenvalue weighted by atomic mass is 10.0. The molecule has 0 aliphatic carbocycles. The van der Waals surface area contributed by atoms with Gasteiger partial charge in [-0.1, -0.05) is 36.4 Å². The fraction of sp³-hybridized carbons (Fsp3) is 0.150. The molecule has 0 saturated heterocycles. The first-order chi connectivity index (χ1) is 12.3. The maximum Gasteiger partial charge on any atom is 0.251 e. The van der Waals surface area contributed by atoms with Gasteiger partial charge in [0.1, 0.15) is 6.33 Å². The van der Waals surface area contributed by atoms with Gasteiger partial charge in [-0.05, 0) is 35.9 Å². The van der Waals surface area contributed by atoms with Crippen molar-refractivity contribution in [3.63, 3.8) is 0 Å². The third kappa shape index (κ3) is 4.90. The van der Waals surface area contributed by atoms with E-state index in [2.05, 4.69) is 27.4 Å². The van der Waals surface area contributed by atoms with E-state index in [1.165, 1.54) is 11.2 Å². The van der Waals surface area contributed by atoms with Gasteiger partial charge in [-0.25, -0.2) is 9.97 Å². The van der Waals surface area contributed by atoms with Crippen molar-refractivity contribution in [2.75, 3.05) is 12.3 Å². The average molecular weight is 349 g/mol. The number of benzene rings is 2. The average Bonchev–Trinajstić information content (AvgIpc) is 2.69. The van der Waals surface area contributed by atoms with Crippen LogP contribution in [0.5, 0.6) is 0 Å². The van der Waals surface area contributed by atoms with Crippen LogP contribution < -0.4 is 5.32 Å². The highest BCUT2D eigenvalue weighted by atomic mass is 32.2. The van der Waals surface area contributed by atoms with Crippen LogP contribution in [0, 0.1) is 0 Å². The van der Waals surface area contributed by atoms with Crippen LogP contribution in [0.25, 0.3) is 11.1 Å². The van der Waals surface area contributed by atoms with Gasteiger partial charge in [0, 0.05) is 35.0 Å². The molecule has 0 aliphatic rings. The van der Waals surface area contributed by atoms with Crippen LogP contribution in [-0.2, 0) is 0 Å². The molecule has 0 spiro atoms. The Balaban J connectivity index is 1.54. The minimum Gasteiger partial charge on any atom is -0.352 e. The minimum absolute atomic E-state index is 0.0656. The lowest BCUT2D eigenvalue weighted by molar-refractivity contribution is 0.0954. The summed E-state index contributed by atoms with van der Waals surface area (Å²) < 4.78 is 0. The Labute approximate surface area is 151 Å². The lowest BCUT2D eigenvalue weighted by Crippen LogP contribution is -2.25. The van der Waals surface area contributed by atoms with Crippen molar-refractivity contribution < 1.29 is 4.79 Å². The molecule has 5 heteroatoms. The smallest absolute Gasteiger partial charge is 0.251 e. The lowest BCUT2D eigenvalue weighted by Gasteiger charge is -2.10. The van der Waals surface area contributed by atoms with E-state index in [4.69, 9.17) is 0 Å². The second-order valence-electron chi connectivity index (χ2n) is 5.44. The highest BCUT2D eigenvalue weighted by molar-refractivity contribution is 7.99. The first-order valence-electron chi connectivity index (χ1n) is 8.15. The van der Waals surface area contributed by atoms with E-state index in [0.29, 0.717) is 12.1 Å². The van der Waals surface area contributed by atoms with Crippen LogP contribution in [0.15, 0.2) is 78.2 Å². The summed E-state index contributed by atoms with van der Waals surface area (Å²) in [5.74, 6) is 0.905. The fourth-order valence-electron chi connectivity index (χ4n) is 2.45. The molecule has 0 radical (unpaired) electrons. The second kappa shape index (κ2) is 8.99. The van der Waals surface area contributed by atoms with Crippen LogP contribution in [0.1, 0.15) is 16.8 Å². The van der Waals surface area contributed by atoms with Crippen LogP contribution in [0.2, 0.25) is 0 Å². The molecule has 25 heavy (non-hydrogen) atoms. The zero-order valence-electron chi connectivity index (χ0n) is 13.8. The van der Waals surface area contributed by atoms with Crippen molar-refractivity contribution in [2.24, 2.45) is 0 Å². The van der Waals surface area contributed by atoms with Crippen LogP contribution in [0.4, 0.5) is 0 Å². The highest BCUT2D eigenvalue weighted by Crippen LogP contribution is 2.22. The van der Waals surface area contributed by atoms with E-state index >= 15 is 0 Å². The standard InChI is InChI=1S/C20H19N3OS/c24-20(23-11-6-12-25-17-7-2-1-3-8-17)19-10-5-4-9-18(19)16-13-21-15-22-14-16/h1-5,7-10,13-15H,6,11-12H2,(H,23,24). The molecule has 0 atom stereocenters. The molecule has 126 valence electrons. The van der Waals surface area contributed by atoms with E-state index in [9.17, 15) is 4.79 Å². The summed E-state index contributed by atoms with van der Waals surface area (Å²) in [6.45, 7) is 0.651. The molecular formula is C20H19N3OS. The molecule has 2 aromatic carbocycles. The number of hydrogen-bond acceptors (Lipinski definition) is 4. The van der Waals surface area contributed by atoms with Crippen molar-refractivity contribution in [1.82, 2.24) is 15.3 Å². The minimum atomic E-state index is -0.0656. The monoisotopic (exact) mass is 349 g/mol. The van der Waals surface area contributed by atoms with E-state index < -0.39 is 0 Å². The Bertz CT molecular complexity index is 809. The molecule has 4 nitrogen and oxygen atoms in total. The molecule has 1 heterocycles. The van der Waals surface area contributed by atoms with Gasteiger partial charge in [0.05, 0.1) is 0 Å². The van der Waals surface area contributed by atoms with Gasteiger partial charge in [-0.3, -0.25) is 4.79 Å². The Hall–Kier alpha value is -2.66. The quantitative estimate of drug-likeness (QED) is 0.516. The number of rotatable bonds is 7. The summed E-state index contributed by atoms with van der Waals surface area (Å²) in [5.41, 5.74) is 2.33. The number of carbonyl (C=O) groups excluding carboxylic acids is 1. The summed E-state index contributed by atoms with van der Waals surface area (Å²) >= 11 is 1.80. The zero-order chi connectivity index (χ0) is 17.3. The number of thioether (sulfide) groups is 1. The third-order valence-corrected chi connectivity index (χ3v) is 4.76. The Morgan fingerprint density at radius 2 is 1.68 bits per heavy atom. The molecule has 1 aromatic heterocycles. The first-order valence-corrected chi connectivity index (χ1v) is 9.13. The van der Waals surface area contributed by atoms with Crippen molar-refractivity contribution in [1.29, 1.82) is 0 Å². The number of amides is 1. The van der Waals surface area contributed by atoms with E-state index in [1.54, 1.807) is 24.2 Å². The molecule has 1 N–H and O–H groups in total. The van der Waals surface area contributed by atoms with Crippen molar-refractivity contribution >= 4 is 17.7 Å². The predicted octanol–water partition coefficient (Wildman–Crippen LogP) is 4.06. The van der Waals surface area contributed by atoms with Gasteiger partial charge in [0.2, 0.25) is 0 Å². The zero-order valence-corrected chi connectivity index (χ0v) is 14.6. The van der Waals surface area contributed by atoms with Gasteiger partial charge in [0.15, 0.2) is 0 Å². The maximum absolute atomic E-state index is 12.5. The third-order valence-electron chi connectivity index (χ3n) is 3.66. The fourth-order valence-corrected chi connectivity index (χ4v) is 3.32. The summed E-state index contributed by atoms with van der Waals surface area (Å²) in [4.78, 5) is 21.8. The van der Waals surface area contributed by atoms with Gasteiger partial charge < -0.3 is 5.32 Å². The highest BCUT2D eigenvalue weighted by Gasteiger charge is 2.12. The van der Waals surface area contributed by atoms with Gasteiger partial charge in [-0.2, -0.15) is 0 Å². The summed E-state index contributed by atoms with van der Waals surface area (Å²) in [6, 6.07) is 17.8. The van der Waals surface area contributed by atoms with Crippen molar-refractivity contribution in [3.05, 3.63) is 78.9 Å². The van der Waals surface area contributed by atoms with Crippen LogP contribution >= 0.6 is 11.8 Å². The number of aromatic nitrogens is 2. The van der Waals surface area contributed by atoms with Gasteiger partial charge >= 0.3 is 0 Å². The number of nitrogens with one attached hydrogen (secondary N) is 1. The molecule has 3 rings (SSSR count). The Morgan fingerprint density at radius 1 is 0.960 bits per heavy atom. The molecule has 0 fully saturated rings. The Morgan fingerprint density at radius 3 is 2.48 bits per heavy atom.